The van der Waals surface area contributed by atoms with Crippen LogP contribution in [0.3, 0.4) is 0 Å². The van der Waals surface area contributed by atoms with Crippen LogP contribution in [0.5, 0.6) is 0 Å². The zero-order valence-corrected chi connectivity index (χ0v) is 12.6. The molecule has 0 bridgehead atoms. The van der Waals surface area contributed by atoms with Gasteiger partial charge in [-0.25, -0.2) is 4.79 Å². The van der Waals surface area contributed by atoms with E-state index in [1.54, 1.807) is 11.8 Å². The maximum Gasteiger partial charge on any atom is 0.320 e. The second-order valence-electron chi connectivity index (χ2n) is 6.53. The normalized spacial score (nSPS) is 30.9. The number of hydrogen-bond donors (Lipinski definition) is 1. The lowest BCUT2D eigenvalue weighted by molar-refractivity contribution is -0.150. The van der Waals surface area contributed by atoms with Crippen LogP contribution >= 0.6 is 0 Å². The van der Waals surface area contributed by atoms with Crippen LogP contribution in [0.1, 0.15) is 26.2 Å². The Hall–Kier alpha value is -1.30. The summed E-state index contributed by atoms with van der Waals surface area (Å²) in [5, 5.41) is 9.32. The molecular weight excluding hydrogens is 258 g/mol. The Morgan fingerprint density at radius 2 is 1.95 bits per heavy atom. The second kappa shape index (κ2) is 5.60. The Morgan fingerprint density at radius 3 is 2.50 bits per heavy atom. The topological polar surface area (TPSA) is 64.1 Å². The van der Waals surface area contributed by atoms with Gasteiger partial charge in [-0.3, -0.25) is 4.79 Å². The molecule has 2 heterocycles. The molecule has 0 aromatic rings. The molecule has 0 aliphatic carbocycles. The number of urea groups is 1. The fourth-order valence-corrected chi connectivity index (χ4v) is 3.11. The molecule has 0 saturated carbocycles. The molecule has 2 atom stereocenters. The van der Waals surface area contributed by atoms with Crippen molar-refractivity contribution in [3.63, 3.8) is 0 Å². The van der Waals surface area contributed by atoms with Crippen molar-refractivity contribution in [1.82, 2.24) is 14.7 Å². The first-order valence-electron chi connectivity index (χ1n) is 7.27. The summed E-state index contributed by atoms with van der Waals surface area (Å²) in [5.41, 5.74) is -0.797. The fraction of sp³-hybridized carbons (Fsp3) is 0.857. The van der Waals surface area contributed by atoms with Gasteiger partial charge in [0.1, 0.15) is 0 Å². The van der Waals surface area contributed by atoms with Crippen LogP contribution in [0, 0.1) is 5.41 Å². The standard InChI is InChI=1S/C14H25N3O3/c1-14(12(18)19)6-4-7-17(10-14)13(20)16-8-5-11(9-16)15(2)3/h11H,4-10H2,1-3H3,(H,18,19). The summed E-state index contributed by atoms with van der Waals surface area (Å²) in [6.07, 6.45) is 2.40. The quantitative estimate of drug-likeness (QED) is 0.819. The van der Waals surface area contributed by atoms with Crippen molar-refractivity contribution in [3.8, 4) is 0 Å². The second-order valence-corrected chi connectivity index (χ2v) is 6.53. The van der Waals surface area contributed by atoms with Crippen LogP contribution in [-0.2, 0) is 4.79 Å². The van der Waals surface area contributed by atoms with E-state index in [2.05, 4.69) is 4.90 Å². The minimum atomic E-state index is -0.803. The molecule has 2 unspecified atom stereocenters. The average Bonchev–Trinajstić information content (AvgIpc) is 2.87. The first-order chi connectivity index (χ1) is 9.33. The van der Waals surface area contributed by atoms with Crippen LogP contribution in [0.15, 0.2) is 0 Å². The zero-order chi connectivity index (χ0) is 14.9. The van der Waals surface area contributed by atoms with Crippen LogP contribution in [0.25, 0.3) is 0 Å². The Morgan fingerprint density at radius 1 is 1.25 bits per heavy atom. The third kappa shape index (κ3) is 2.90. The highest BCUT2D eigenvalue weighted by Crippen LogP contribution is 2.30. The van der Waals surface area contributed by atoms with Crippen molar-refractivity contribution in [3.05, 3.63) is 0 Å². The molecule has 0 spiro atoms. The molecule has 2 aliphatic rings. The third-order valence-electron chi connectivity index (χ3n) is 4.65. The fourth-order valence-electron chi connectivity index (χ4n) is 3.11. The van der Waals surface area contributed by atoms with Gasteiger partial charge in [0.15, 0.2) is 0 Å². The van der Waals surface area contributed by atoms with Gasteiger partial charge in [0.2, 0.25) is 0 Å². The number of likely N-dealkylation sites (tertiary alicyclic amines) is 2. The van der Waals surface area contributed by atoms with Gasteiger partial charge in [-0.1, -0.05) is 0 Å². The van der Waals surface area contributed by atoms with Gasteiger partial charge in [-0.15, -0.1) is 0 Å². The molecule has 0 radical (unpaired) electrons. The number of carboxylic acid groups (broad SMARTS) is 1. The van der Waals surface area contributed by atoms with Gasteiger partial charge in [0, 0.05) is 32.2 Å². The maximum atomic E-state index is 12.5. The molecule has 2 fully saturated rings. The van der Waals surface area contributed by atoms with Gasteiger partial charge in [-0.2, -0.15) is 0 Å². The lowest BCUT2D eigenvalue weighted by Gasteiger charge is -2.39. The van der Waals surface area contributed by atoms with E-state index in [0.717, 1.165) is 25.9 Å². The third-order valence-corrected chi connectivity index (χ3v) is 4.65. The molecule has 6 heteroatoms. The molecule has 2 rings (SSSR count). The minimum absolute atomic E-state index is 0.00141. The molecule has 2 saturated heterocycles. The smallest absolute Gasteiger partial charge is 0.320 e. The highest BCUT2D eigenvalue weighted by Gasteiger charge is 2.41. The highest BCUT2D eigenvalue weighted by atomic mass is 16.4. The van der Waals surface area contributed by atoms with Gasteiger partial charge in [0.05, 0.1) is 5.41 Å². The first-order valence-corrected chi connectivity index (χ1v) is 7.27. The van der Waals surface area contributed by atoms with Crippen molar-refractivity contribution in [1.29, 1.82) is 0 Å². The summed E-state index contributed by atoms with van der Waals surface area (Å²) >= 11 is 0. The molecule has 0 aromatic carbocycles. The SMILES string of the molecule is CN(C)C1CCN(C(=O)N2CCCC(C)(C(=O)O)C2)C1. The molecule has 0 aromatic heterocycles. The van der Waals surface area contributed by atoms with Crippen LogP contribution in [0.4, 0.5) is 4.79 Å². The maximum absolute atomic E-state index is 12.5. The number of hydrogen-bond acceptors (Lipinski definition) is 3. The van der Waals surface area contributed by atoms with Gasteiger partial charge < -0.3 is 19.8 Å². The van der Waals surface area contributed by atoms with E-state index < -0.39 is 11.4 Å². The van der Waals surface area contributed by atoms with Crippen molar-refractivity contribution in [2.24, 2.45) is 5.41 Å². The molecule has 2 aliphatic heterocycles. The molecule has 20 heavy (non-hydrogen) atoms. The van der Waals surface area contributed by atoms with E-state index in [0.29, 0.717) is 25.6 Å². The number of aliphatic carboxylic acids is 1. The molecule has 6 nitrogen and oxygen atoms in total. The summed E-state index contributed by atoms with van der Waals surface area (Å²) in [4.78, 5) is 29.6. The molecular formula is C14H25N3O3. The summed E-state index contributed by atoms with van der Waals surface area (Å²) in [6, 6.07) is 0.413. The van der Waals surface area contributed by atoms with E-state index in [1.165, 1.54) is 0 Å². The number of piperidine rings is 1. The summed E-state index contributed by atoms with van der Waals surface area (Å²) < 4.78 is 0. The van der Waals surface area contributed by atoms with Crippen molar-refractivity contribution < 1.29 is 14.7 Å². The largest absolute Gasteiger partial charge is 0.481 e. The summed E-state index contributed by atoms with van der Waals surface area (Å²) in [7, 11) is 4.06. The van der Waals surface area contributed by atoms with Crippen molar-refractivity contribution >= 4 is 12.0 Å². The van der Waals surface area contributed by atoms with Crippen LogP contribution in [0.2, 0.25) is 0 Å². The summed E-state index contributed by atoms with van der Waals surface area (Å²) in [6.45, 7) is 4.24. The Bertz CT molecular complexity index is 399. The van der Waals surface area contributed by atoms with Crippen LogP contribution in [-0.4, -0.2) is 78.1 Å². The lowest BCUT2D eigenvalue weighted by atomic mass is 9.82. The molecule has 1 N–H and O–H groups in total. The Labute approximate surface area is 120 Å². The Kier molecular flexibility index (Phi) is 4.22. The number of nitrogens with zero attached hydrogens (tertiary/aromatic N) is 3. The number of carbonyl (C=O) groups excluding carboxylic acids is 1. The van der Waals surface area contributed by atoms with Crippen molar-refractivity contribution in [2.45, 2.75) is 32.2 Å². The van der Waals surface area contributed by atoms with Crippen molar-refractivity contribution in [2.75, 3.05) is 40.3 Å². The van der Waals surface area contributed by atoms with Gasteiger partial charge >= 0.3 is 12.0 Å². The average molecular weight is 283 g/mol. The van der Waals surface area contributed by atoms with E-state index in [1.807, 2.05) is 19.0 Å². The number of carboxylic acids is 1. The predicted molar refractivity (Wildman–Crippen MR) is 75.6 cm³/mol. The lowest BCUT2D eigenvalue weighted by Crippen LogP contribution is -2.52. The number of carbonyl (C=O) groups is 2. The minimum Gasteiger partial charge on any atom is -0.481 e. The zero-order valence-electron chi connectivity index (χ0n) is 12.6. The van der Waals surface area contributed by atoms with Crippen LogP contribution < -0.4 is 0 Å². The first kappa shape index (κ1) is 15.1. The van der Waals surface area contributed by atoms with E-state index in [-0.39, 0.29) is 6.03 Å². The predicted octanol–water partition coefficient (Wildman–Crippen LogP) is 0.929. The molecule has 114 valence electrons. The summed E-state index contributed by atoms with van der Waals surface area (Å²) in [5.74, 6) is -0.803. The van der Waals surface area contributed by atoms with Gasteiger partial charge in [-0.05, 0) is 40.3 Å². The monoisotopic (exact) mass is 283 g/mol. The van der Waals surface area contributed by atoms with E-state index in [9.17, 15) is 14.7 Å². The number of amides is 2. The van der Waals surface area contributed by atoms with Gasteiger partial charge in [0.25, 0.3) is 0 Å². The van der Waals surface area contributed by atoms with E-state index >= 15 is 0 Å². The van der Waals surface area contributed by atoms with E-state index in [4.69, 9.17) is 0 Å². The number of rotatable bonds is 2. The highest BCUT2D eigenvalue weighted by molar-refractivity contribution is 5.78. The molecule has 2 amide bonds. The Balaban J connectivity index is 1.98. The number of likely N-dealkylation sites (N-methyl/N-ethyl adjacent to an activating group) is 1.